The van der Waals surface area contributed by atoms with E-state index >= 15 is 0 Å². The lowest BCUT2D eigenvalue weighted by Gasteiger charge is -2.11. The standard InChI is InChI=1S/C15H13Cl2N3O3/c1-18-15(22)23-10-5-2-4-9(8-10)19-14(21)20-13-11(16)6-3-7-12(13)17/h2-8H,1H3,(H,18,22)(H2,19,20,21). The second-order valence-corrected chi connectivity index (χ2v) is 5.16. The van der Waals surface area contributed by atoms with E-state index in [0.717, 1.165) is 0 Å². The van der Waals surface area contributed by atoms with Gasteiger partial charge in [0, 0.05) is 18.8 Å². The maximum absolute atomic E-state index is 12.0. The third-order valence-electron chi connectivity index (χ3n) is 2.71. The van der Waals surface area contributed by atoms with E-state index in [4.69, 9.17) is 27.9 Å². The molecule has 2 aromatic carbocycles. The number of hydrogen-bond acceptors (Lipinski definition) is 3. The lowest BCUT2D eigenvalue weighted by molar-refractivity contribution is 0.203. The molecule has 2 rings (SSSR count). The Hall–Kier alpha value is -2.44. The molecule has 8 heteroatoms. The van der Waals surface area contributed by atoms with Crippen LogP contribution in [0.4, 0.5) is 21.0 Å². The number of rotatable bonds is 3. The summed E-state index contributed by atoms with van der Waals surface area (Å²) >= 11 is 12.0. The normalized spacial score (nSPS) is 9.87. The largest absolute Gasteiger partial charge is 0.412 e. The van der Waals surface area contributed by atoms with E-state index in [0.29, 0.717) is 21.4 Å². The Labute approximate surface area is 142 Å². The Morgan fingerprint density at radius 1 is 1.00 bits per heavy atom. The number of carbonyl (C=O) groups is 2. The van der Waals surface area contributed by atoms with Gasteiger partial charge in [0.05, 0.1) is 15.7 Å². The van der Waals surface area contributed by atoms with E-state index in [9.17, 15) is 9.59 Å². The van der Waals surface area contributed by atoms with E-state index in [1.54, 1.807) is 36.4 Å². The molecule has 0 unspecified atom stereocenters. The topological polar surface area (TPSA) is 79.5 Å². The summed E-state index contributed by atoms with van der Waals surface area (Å²) in [5.41, 5.74) is 0.748. The Kier molecular flexibility index (Phi) is 5.67. The van der Waals surface area contributed by atoms with E-state index in [1.165, 1.54) is 13.1 Å². The number of para-hydroxylation sites is 1. The molecule has 0 aliphatic heterocycles. The Balaban J connectivity index is 2.06. The van der Waals surface area contributed by atoms with Crippen LogP contribution in [0.25, 0.3) is 0 Å². The highest BCUT2D eigenvalue weighted by Crippen LogP contribution is 2.30. The molecule has 0 aliphatic carbocycles. The molecule has 120 valence electrons. The predicted octanol–water partition coefficient (Wildman–Crippen LogP) is 4.36. The lowest BCUT2D eigenvalue weighted by atomic mass is 10.3. The number of carbonyl (C=O) groups excluding carboxylic acids is 2. The molecule has 6 nitrogen and oxygen atoms in total. The second-order valence-electron chi connectivity index (χ2n) is 4.34. The highest BCUT2D eigenvalue weighted by molar-refractivity contribution is 6.39. The number of nitrogens with one attached hydrogen (secondary N) is 3. The van der Waals surface area contributed by atoms with Crippen molar-refractivity contribution in [3.8, 4) is 5.75 Å². The SMILES string of the molecule is CNC(=O)Oc1cccc(NC(=O)Nc2c(Cl)cccc2Cl)c1. The number of anilines is 2. The van der Waals surface area contributed by atoms with Gasteiger partial charge in [0.15, 0.2) is 0 Å². The van der Waals surface area contributed by atoms with Crippen LogP contribution in [0.1, 0.15) is 0 Å². The molecule has 0 aliphatic rings. The smallest absolute Gasteiger partial charge is 0.410 e. The molecule has 0 atom stereocenters. The van der Waals surface area contributed by atoms with E-state index in [2.05, 4.69) is 16.0 Å². The van der Waals surface area contributed by atoms with Crippen molar-refractivity contribution >= 4 is 46.7 Å². The quantitative estimate of drug-likeness (QED) is 0.766. The minimum atomic E-state index is -0.602. The summed E-state index contributed by atoms with van der Waals surface area (Å²) < 4.78 is 4.98. The predicted molar refractivity (Wildman–Crippen MR) is 90.6 cm³/mol. The monoisotopic (exact) mass is 353 g/mol. The molecular formula is C15H13Cl2N3O3. The van der Waals surface area contributed by atoms with Crippen LogP contribution in [0.15, 0.2) is 42.5 Å². The fourth-order valence-corrected chi connectivity index (χ4v) is 2.18. The van der Waals surface area contributed by atoms with Gasteiger partial charge in [-0.1, -0.05) is 35.3 Å². The molecule has 0 radical (unpaired) electrons. The Morgan fingerprint density at radius 2 is 1.65 bits per heavy atom. The molecule has 2 aromatic rings. The summed E-state index contributed by atoms with van der Waals surface area (Å²) in [6, 6.07) is 10.7. The van der Waals surface area contributed by atoms with Gasteiger partial charge in [-0.2, -0.15) is 0 Å². The summed E-state index contributed by atoms with van der Waals surface area (Å²) in [6.07, 6.45) is -0.602. The first-order valence-electron chi connectivity index (χ1n) is 6.51. The summed E-state index contributed by atoms with van der Waals surface area (Å²) in [7, 11) is 1.45. The van der Waals surface area contributed by atoms with Crippen molar-refractivity contribution in [2.75, 3.05) is 17.7 Å². The molecule has 3 N–H and O–H groups in total. The fraction of sp³-hybridized carbons (Fsp3) is 0.0667. The lowest BCUT2D eigenvalue weighted by Crippen LogP contribution is -2.22. The van der Waals surface area contributed by atoms with E-state index < -0.39 is 12.1 Å². The van der Waals surface area contributed by atoms with Gasteiger partial charge in [-0.25, -0.2) is 9.59 Å². The van der Waals surface area contributed by atoms with Gasteiger partial charge in [-0.05, 0) is 24.3 Å². The molecule has 0 fully saturated rings. The molecule has 0 heterocycles. The second kappa shape index (κ2) is 7.71. The van der Waals surface area contributed by atoms with Crippen molar-refractivity contribution in [3.63, 3.8) is 0 Å². The van der Waals surface area contributed by atoms with Crippen LogP contribution in [0.2, 0.25) is 10.0 Å². The molecule has 23 heavy (non-hydrogen) atoms. The summed E-state index contributed by atoms with van der Waals surface area (Å²) in [5.74, 6) is 0.290. The molecular weight excluding hydrogens is 341 g/mol. The maximum Gasteiger partial charge on any atom is 0.412 e. The van der Waals surface area contributed by atoms with Crippen molar-refractivity contribution < 1.29 is 14.3 Å². The Bertz CT molecular complexity index is 717. The van der Waals surface area contributed by atoms with Gasteiger partial charge in [0.2, 0.25) is 0 Å². The summed E-state index contributed by atoms with van der Waals surface area (Å²) in [6.45, 7) is 0. The molecule has 3 amide bonds. The first kappa shape index (κ1) is 16.9. The molecule has 0 saturated heterocycles. The van der Waals surface area contributed by atoms with Gasteiger partial charge >= 0.3 is 12.1 Å². The van der Waals surface area contributed by atoms with Crippen LogP contribution in [0.3, 0.4) is 0 Å². The van der Waals surface area contributed by atoms with Crippen LogP contribution in [0, 0.1) is 0 Å². The summed E-state index contributed by atoms with van der Waals surface area (Å²) in [4.78, 5) is 23.2. The highest BCUT2D eigenvalue weighted by Gasteiger charge is 2.10. The van der Waals surface area contributed by atoms with Gasteiger partial charge < -0.3 is 20.7 Å². The number of ether oxygens (including phenoxy) is 1. The number of halogens is 2. The molecule has 0 saturated carbocycles. The zero-order chi connectivity index (χ0) is 16.8. The van der Waals surface area contributed by atoms with Gasteiger partial charge in [-0.15, -0.1) is 0 Å². The van der Waals surface area contributed by atoms with Crippen LogP contribution in [-0.2, 0) is 0 Å². The van der Waals surface area contributed by atoms with Gasteiger partial charge in [0.1, 0.15) is 5.75 Å². The van der Waals surface area contributed by atoms with Crippen molar-refractivity contribution in [3.05, 3.63) is 52.5 Å². The molecule has 0 spiro atoms. The van der Waals surface area contributed by atoms with Crippen LogP contribution >= 0.6 is 23.2 Å². The van der Waals surface area contributed by atoms with Crippen molar-refractivity contribution in [1.82, 2.24) is 5.32 Å². The number of amides is 3. The average molecular weight is 354 g/mol. The fourth-order valence-electron chi connectivity index (χ4n) is 1.69. The van der Waals surface area contributed by atoms with Crippen LogP contribution in [-0.4, -0.2) is 19.2 Å². The number of urea groups is 1. The van der Waals surface area contributed by atoms with Crippen molar-refractivity contribution in [1.29, 1.82) is 0 Å². The maximum atomic E-state index is 12.0. The third-order valence-corrected chi connectivity index (χ3v) is 3.34. The van der Waals surface area contributed by atoms with Gasteiger partial charge in [-0.3, -0.25) is 0 Å². The van der Waals surface area contributed by atoms with Crippen LogP contribution in [0.5, 0.6) is 5.75 Å². The first-order chi connectivity index (χ1) is 11.0. The third kappa shape index (κ3) is 4.77. The minimum Gasteiger partial charge on any atom is -0.410 e. The van der Waals surface area contributed by atoms with E-state index in [-0.39, 0.29) is 5.75 Å². The minimum absolute atomic E-state index is 0.290. The van der Waals surface area contributed by atoms with Crippen molar-refractivity contribution in [2.45, 2.75) is 0 Å². The summed E-state index contributed by atoms with van der Waals surface area (Å²) in [5, 5.41) is 8.14. The molecule has 0 bridgehead atoms. The zero-order valence-corrected chi connectivity index (χ0v) is 13.5. The zero-order valence-electron chi connectivity index (χ0n) is 12.0. The van der Waals surface area contributed by atoms with Crippen molar-refractivity contribution in [2.24, 2.45) is 0 Å². The Morgan fingerprint density at radius 3 is 2.30 bits per heavy atom. The van der Waals surface area contributed by atoms with Gasteiger partial charge in [0.25, 0.3) is 0 Å². The van der Waals surface area contributed by atoms with E-state index in [1.807, 2.05) is 0 Å². The van der Waals surface area contributed by atoms with Crippen LogP contribution < -0.4 is 20.7 Å². The molecule has 0 aromatic heterocycles. The number of benzene rings is 2. The number of hydrogen-bond donors (Lipinski definition) is 3. The average Bonchev–Trinajstić information content (AvgIpc) is 2.51. The highest BCUT2D eigenvalue weighted by atomic mass is 35.5. The first-order valence-corrected chi connectivity index (χ1v) is 7.27.